The van der Waals surface area contributed by atoms with E-state index in [4.69, 9.17) is 16.6 Å². The minimum Gasteiger partial charge on any atom is -0.300 e. The van der Waals surface area contributed by atoms with Gasteiger partial charge < -0.3 is 4.79 Å². The summed E-state index contributed by atoms with van der Waals surface area (Å²) in [4.78, 5) is 16.8. The van der Waals surface area contributed by atoms with E-state index in [0.29, 0.717) is 23.1 Å². The van der Waals surface area contributed by atoms with Crippen molar-refractivity contribution >= 4 is 52.2 Å². The molecule has 0 amide bonds. The Balaban J connectivity index is 0.00000207. The van der Waals surface area contributed by atoms with Gasteiger partial charge in [-0.2, -0.15) is 11.8 Å². The van der Waals surface area contributed by atoms with Crippen LogP contribution < -0.4 is 0 Å². The molecule has 0 N–H and O–H groups in total. The van der Waals surface area contributed by atoms with Crippen LogP contribution in [0.4, 0.5) is 0 Å². The standard InChI is InChI=1S/C37H40ClNOS.C2H6/c1-26(2)34-11-6-5-9-29(34)18-19-36(4,41-25-37(20-21-37)24-27(3)40)31-10-7-8-28(22-31)12-16-33-17-14-30-13-15-32(38)23-35(30)39-33;1-2/h5-17,22-23,26H,18-21,24-25H2,1-4H3;1-2H3/b16-12+;/t36-;/m1./s1. The van der Waals surface area contributed by atoms with Crippen LogP contribution in [-0.2, 0) is 16.0 Å². The fourth-order valence-corrected chi connectivity index (χ4v) is 7.46. The maximum absolute atomic E-state index is 12.0. The number of nitrogens with zero attached hydrogens (tertiary/aromatic N) is 1. The number of fused-ring (bicyclic) bond motifs is 1. The molecule has 3 aromatic carbocycles. The van der Waals surface area contributed by atoms with Gasteiger partial charge in [0.1, 0.15) is 5.78 Å². The molecule has 0 spiro atoms. The molecule has 1 fully saturated rings. The zero-order chi connectivity index (χ0) is 31.0. The summed E-state index contributed by atoms with van der Waals surface area (Å²) in [6.45, 7) is 12.7. The van der Waals surface area contributed by atoms with E-state index in [2.05, 4.69) is 87.5 Å². The average Bonchev–Trinajstić information content (AvgIpc) is 3.77. The molecule has 0 saturated heterocycles. The summed E-state index contributed by atoms with van der Waals surface area (Å²) in [6, 6.07) is 27.8. The number of hydrogen-bond acceptors (Lipinski definition) is 3. The Morgan fingerprint density at radius 1 is 1.00 bits per heavy atom. The van der Waals surface area contributed by atoms with Crippen molar-refractivity contribution in [2.75, 3.05) is 5.75 Å². The molecule has 4 aromatic rings. The first-order valence-electron chi connectivity index (χ1n) is 15.7. The number of aromatic nitrogens is 1. The first-order valence-corrected chi connectivity index (χ1v) is 17.1. The van der Waals surface area contributed by atoms with Gasteiger partial charge >= 0.3 is 0 Å². The predicted molar refractivity (Wildman–Crippen MR) is 189 cm³/mol. The summed E-state index contributed by atoms with van der Waals surface area (Å²) in [5.41, 5.74) is 7.38. The predicted octanol–water partition coefficient (Wildman–Crippen LogP) is 11.5. The van der Waals surface area contributed by atoms with Gasteiger partial charge in [0.15, 0.2) is 0 Å². The number of thioether (sulfide) groups is 1. The van der Waals surface area contributed by atoms with Gasteiger partial charge in [0.05, 0.1) is 11.2 Å². The van der Waals surface area contributed by atoms with Crippen molar-refractivity contribution in [1.29, 1.82) is 0 Å². The van der Waals surface area contributed by atoms with Gasteiger partial charge in [-0.15, -0.1) is 0 Å². The van der Waals surface area contributed by atoms with Crippen LogP contribution in [0.5, 0.6) is 0 Å². The van der Waals surface area contributed by atoms with Crippen LogP contribution in [0, 0.1) is 5.41 Å². The van der Waals surface area contributed by atoms with Gasteiger partial charge in [0, 0.05) is 27.3 Å². The number of pyridine rings is 1. The molecule has 0 unspecified atom stereocenters. The quantitative estimate of drug-likeness (QED) is 0.160. The molecule has 0 bridgehead atoms. The van der Waals surface area contributed by atoms with E-state index in [1.165, 1.54) is 29.5 Å². The highest BCUT2D eigenvalue weighted by molar-refractivity contribution is 8.00. The molecule has 4 heteroatoms. The maximum atomic E-state index is 12.0. The third-order valence-electron chi connectivity index (χ3n) is 8.45. The van der Waals surface area contributed by atoms with Crippen molar-refractivity contribution in [3.05, 3.63) is 112 Å². The van der Waals surface area contributed by atoms with Gasteiger partial charge in [-0.3, -0.25) is 0 Å². The lowest BCUT2D eigenvalue weighted by molar-refractivity contribution is -0.117. The molecular weight excluding hydrogens is 566 g/mol. The number of ketones is 1. The Kier molecular flexibility index (Phi) is 11.3. The summed E-state index contributed by atoms with van der Waals surface area (Å²) < 4.78 is -0.0712. The number of halogens is 1. The maximum Gasteiger partial charge on any atom is 0.130 e. The van der Waals surface area contributed by atoms with Crippen molar-refractivity contribution in [3.63, 3.8) is 0 Å². The molecule has 1 aliphatic rings. The summed E-state index contributed by atoms with van der Waals surface area (Å²) in [7, 11) is 0. The van der Waals surface area contributed by atoms with Crippen LogP contribution in [0.3, 0.4) is 0 Å². The molecule has 0 radical (unpaired) electrons. The van der Waals surface area contributed by atoms with Crippen molar-refractivity contribution in [2.45, 2.75) is 84.3 Å². The Labute approximate surface area is 268 Å². The topological polar surface area (TPSA) is 30.0 Å². The van der Waals surface area contributed by atoms with Crippen LogP contribution in [-0.4, -0.2) is 16.5 Å². The Morgan fingerprint density at radius 3 is 2.47 bits per heavy atom. The third kappa shape index (κ3) is 8.83. The van der Waals surface area contributed by atoms with Crippen molar-refractivity contribution in [3.8, 4) is 0 Å². The minimum absolute atomic E-state index is 0.0712. The molecule has 5 rings (SSSR count). The lowest BCUT2D eigenvalue weighted by atomic mass is 9.88. The Morgan fingerprint density at radius 2 is 1.74 bits per heavy atom. The lowest BCUT2D eigenvalue weighted by Gasteiger charge is -2.32. The van der Waals surface area contributed by atoms with E-state index < -0.39 is 0 Å². The highest BCUT2D eigenvalue weighted by Gasteiger charge is 2.45. The van der Waals surface area contributed by atoms with E-state index in [0.717, 1.165) is 40.8 Å². The molecule has 2 nitrogen and oxygen atoms in total. The number of aryl methyl sites for hydroxylation is 1. The molecule has 1 aromatic heterocycles. The number of benzene rings is 3. The zero-order valence-corrected chi connectivity index (χ0v) is 28.2. The second-order valence-corrected chi connectivity index (χ2v) is 14.2. The molecule has 226 valence electrons. The summed E-state index contributed by atoms with van der Waals surface area (Å²) in [5, 5.41) is 1.78. The second-order valence-electron chi connectivity index (χ2n) is 12.3. The number of carbonyl (C=O) groups is 1. The first kappa shape index (κ1) is 33.0. The van der Waals surface area contributed by atoms with E-state index in [-0.39, 0.29) is 10.2 Å². The SMILES string of the molecule is CC.CC(=O)CC1(CS[C@](C)(CCc2ccccc2C(C)C)c2cccc(/C=C/c3ccc4ccc(Cl)cc4n3)c2)CC1. The second kappa shape index (κ2) is 14.7. The Bertz CT molecular complexity index is 1570. The molecule has 1 heterocycles. The summed E-state index contributed by atoms with van der Waals surface area (Å²) >= 11 is 8.25. The number of hydrogen-bond donors (Lipinski definition) is 0. The first-order chi connectivity index (χ1) is 20.6. The van der Waals surface area contributed by atoms with Gasteiger partial charge in [-0.25, -0.2) is 4.98 Å². The molecule has 43 heavy (non-hydrogen) atoms. The smallest absolute Gasteiger partial charge is 0.130 e. The van der Waals surface area contributed by atoms with Crippen LogP contribution in [0.25, 0.3) is 23.1 Å². The highest BCUT2D eigenvalue weighted by atomic mass is 35.5. The largest absolute Gasteiger partial charge is 0.300 e. The molecule has 1 saturated carbocycles. The van der Waals surface area contributed by atoms with E-state index in [1.54, 1.807) is 6.92 Å². The van der Waals surface area contributed by atoms with Crippen LogP contribution in [0.15, 0.2) is 78.9 Å². The van der Waals surface area contributed by atoms with E-state index >= 15 is 0 Å². The lowest BCUT2D eigenvalue weighted by Crippen LogP contribution is -2.22. The van der Waals surface area contributed by atoms with Crippen molar-refractivity contribution in [2.24, 2.45) is 5.41 Å². The summed E-state index contributed by atoms with van der Waals surface area (Å²) in [6.07, 6.45) is 9.34. The van der Waals surface area contributed by atoms with Crippen LogP contribution >= 0.6 is 23.4 Å². The van der Waals surface area contributed by atoms with E-state index in [1.807, 2.05) is 49.9 Å². The Hall–Kier alpha value is -2.88. The molecule has 1 aliphatic carbocycles. The third-order valence-corrected chi connectivity index (χ3v) is 10.5. The van der Waals surface area contributed by atoms with Gasteiger partial charge in [-0.1, -0.05) is 106 Å². The summed E-state index contributed by atoms with van der Waals surface area (Å²) in [5.74, 6) is 1.84. The minimum atomic E-state index is -0.0712. The fraction of sp³-hybridized carbons (Fsp3) is 0.385. The van der Waals surface area contributed by atoms with Crippen molar-refractivity contribution < 1.29 is 4.79 Å². The monoisotopic (exact) mass is 611 g/mol. The van der Waals surface area contributed by atoms with Gasteiger partial charge in [0.2, 0.25) is 0 Å². The van der Waals surface area contributed by atoms with Gasteiger partial charge in [-0.05, 0) is 97.4 Å². The molecule has 1 atom stereocenters. The normalized spacial score (nSPS) is 15.3. The molecule has 0 aliphatic heterocycles. The number of rotatable bonds is 12. The zero-order valence-electron chi connectivity index (χ0n) is 26.6. The average molecular weight is 612 g/mol. The van der Waals surface area contributed by atoms with E-state index in [9.17, 15) is 4.79 Å². The van der Waals surface area contributed by atoms with Gasteiger partial charge in [0.25, 0.3) is 0 Å². The molecular formula is C39H46ClNOS. The van der Waals surface area contributed by atoms with Crippen molar-refractivity contribution in [1.82, 2.24) is 4.98 Å². The number of carbonyl (C=O) groups excluding carboxylic acids is 1. The van der Waals surface area contributed by atoms with Crippen LogP contribution in [0.1, 0.15) is 101 Å². The van der Waals surface area contributed by atoms with Crippen LogP contribution in [0.2, 0.25) is 5.02 Å². The highest BCUT2D eigenvalue weighted by Crippen LogP contribution is 2.55. The number of Topliss-reactive ketones (excluding diaryl/α,β-unsaturated/α-hetero) is 1. The fourth-order valence-electron chi connectivity index (χ4n) is 5.74.